The molecule has 0 bridgehead atoms. The van der Waals surface area contributed by atoms with Crippen molar-refractivity contribution in [2.24, 2.45) is 5.92 Å². The maximum atomic E-state index is 13.2. The Morgan fingerprint density at radius 2 is 1.71 bits per heavy atom. The molecule has 0 saturated carbocycles. The van der Waals surface area contributed by atoms with Gasteiger partial charge in [0.1, 0.15) is 6.04 Å². The van der Waals surface area contributed by atoms with Gasteiger partial charge in [-0.05, 0) is 40.3 Å². The van der Waals surface area contributed by atoms with Gasteiger partial charge in [-0.1, -0.05) is 66.7 Å². The number of hydrogen-bond acceptors (Lipinski definition) is 3. The van der Waals surface area contributed by atoms with Crippen LogP contribution in [0.5, 0.6) is 0 Å². The van der Waals surface area contributed by atoms with Crippen LogP contribution in [0.1, 0.15) is 22.4 Å². The van der Waals surface area contributed by atoms with Gasteiger partial charge >= 0.3 is 0 Å². The van der Waals surface area contributed by atoms with Crippen molar-refractivity contribution in [3.8, 4) is 0 Å². The highest BCUT2D eigenvalue weighted by molar-refractivity contribution is 5.91. The van der Waals surface area contributed by atoms with Gasteiger partial charge in [0.25, 0.3) is 0 Å². The Balaban J connectivity index is 1.32. The summed E-state index contributed by atoms with van der Waals surface area (Å²) in [7, 11) is 0. The number of benzene rings is 3. The topological polar surface area (TPSA) is 86.9 Å². The minimum Gasteiger partial charge on any atom is -0.354 e. The molecule has 0 saturated heterocycles. The first kappa shape index (κ1) is 21.9. The quantitative estimate of drug-likeness (QED) is 0.383. The molecule has 6 nitrogen and oxygen atoms in total. The summed E-state index contributed by atoms with van der Waals surface area (Å²) in [6.07, 6.45) is 5.88. The van der Waals surface area contributed by atoms with E-state index in [-0.39, 0.29) is 17.7 Å². The number of rotatable bonds is 8. The highest BCUT2D eigenvalue weighted by atomic mass is 16.2. The number of imidazole rings is 1. The third-order valence-electron chi connectivity index (χ3n) is 6.61. The summed E-state index contributed by atoms with van der Waals surface area (Å²) < 4.78 is 0. The van der Waals surface area contributed by atoms with Gasteiger partial charge in [0.15, 0.2) is 0 Å². The predicted molar refractivity (Wildman–Crippen MR) is 132 cm³/mol. The summed E-state index contributed by atoms with van der Waals surface area (Å²) in [6, 6.07) is 21.8. The summed E-state index contributed by atoms with van der Waals surface area (Å²) in [6.45, 7) is 0.470. The molecule has 2 amide bonds. The summed E-state index contributed by atoms with van der Waals surface area (Å²) in [4.78, 5) is 33.5. The van der Waals surface area contributed by atoms with Gasteiger partial charge < -0.3 is 15.6 Å². The van der Waals surface area contributed by atoms with E-state index in [1.807, 2.05) is 36.4 Å². The highest BCUT2D eigenvalue weighted by Gasteiger charge is 2.30. The number of aromatic amines is 1. The Labute approximate surface area is 198 Å². The number of nitrogens with zero attached hydrogens (tertiary/aromatic N) is 1. The van der Waals surface area contributed by atoms with Gasteiger partial charge in [0.2, 0.25) is 11.8 Å². The van der Waals surface area contributed by atoms with E-state index < -0.39 is 6.04 Å². The van der Waals surface area contributed by atoms with Crippen LogP contribution in [0.25, 0.3) is 10.8 Å². The number of amides is 2. The molecule has 1 aromatic heterocycles. The number of carbonyl (C=O) groups excluding carboxylic acids is 2. The summed E-state index contributed by atoms with van der Waals surface area (Å²) in [5.74, 6) is -0.383. The largest absolute Gasteiger partial charge is 0.354 e. The zero-order valence-corrected chi connectivity index (χ0v) is 19.0. The van der Waals surface area contributed by atoms with E-state index in [1.165, 1.54) is 11.1 Å². The number of fused-ring (bicyclic) bond motifs is 2. The molecule has 4 aromatic rings. The second-order valence-electron chi connectivity index (χ2n) is 8.90. The minimum absolute atomic E-state index is 0.0647. The second kappa shape index (κ2) is 9.91. The van der Waals surface area contributed by atoms with E-state index in [2.05, 4.69) is 50.9 Å². The Bertz CT molecular complexity index is 1270. The van der Waals surface area contributed by atoms with Crippen molar-refractivity contribution in [2.45, 2.75) is 31.7 Å². The third kappa shape index (κ3) is 4.86. The molecule has 0 unspecified atom stereocenters. The predicted octanol–water partition coefficient (Wildman–Crippen LogP) is 3.36. The standard InChI is InChI=1S/C28H28N4O2/c33-27(23-14-20-7-1-2-8-21(20)15-23)32-26(28(34)30-13-12-24-17-29-18-31-24)16-22-10-5-9-19-6-3-4-11-25(19)22/h1-11,17-18,23,26H,12-16H2,(H,29,31)(H,30,34)(H,32,33)/t26-/m1/s1. The van der Waals surface area contributed by atoms with E-state index in [9.17, 15) is 9.59 Å². The first-order chi connectivity index (χ1) is 16.7. The molecule has 6 heteroatoms. The average molecular weight is 453 g/mol. The van der Waals surface area contributed by atoms with E-state index in [0.29, 0.717) is 32.2 Å². The van der Waals surface area contributed by atoms with Crippen LogP contribution >= 0.6 is 0 Å². The molecule has 5 rings (SSSR count). The fourth-order valence-corrected chi connectivity index (χ4v) is 4.80. The van der Waals surface area contributed by atoms with E-state index >= 15 is 0 Å². The molecule has 1 aliphatic carbocycles. The third-order valence-corrected chi connectivity index (χ3v) is 6.61. The van der Waals surface area contributed by atoms with Crippen LogP contribution in [0.15, 0.2) is 79.3 Å². The molecular weight excluding hydrogens is 424 g/mol. The fraction of sp³-hybridized carbons (Fsp3) is 0.250. The Hall–Kier alpha value is -3.93. The molecule has 0 aliphatic heterocycles. The van der Waals surface area contributed by atoms with Gasteiger partial charge in [0.05, 0.1) is 6.33 Å². The lowest BCUT2D eigenvalue weighted by molar-refractivity contribution is -0.131. The molecule has 34 heavy (non-hydrogen) atoms. The van der Waals surface area contributed by atoms with Crippen LogP contribution in [-0.2, 0) is 35.3 Å². The molecule has 172 valence electrons. The lowest BCUT2D eigenvalue weighted by atomic mass is 9.97. The molecule has 0 fully saturated rings. The number of nitrogens with one attached hydrogen (secondary N) is 3. The molecular formula is C28H28N4O2. The molecule has 1 atom stereocenters. The highest BCUT2D eigenvalue weighted by Crippen LogP contribution is 2.27. The van der Waals surface area contributed by atoms with Gasteiger partial charge in [-0.2, -0.15) is 0 Å². The Morgan fingerprint density at radius 3 is 2.47 bits per heavy atom. The Kier molecular flexibility index (Phi) is 6.38. The number of aromatic nitrogens is 2. The van der Waals surface area contributed by atoms with Crippen LogP contribution in [0.4, 0.5) is 0 Å². The summed E-state index contributed by atoms with van der Waals surface area (Å²) in [5.41, 5.74) is 4.44. The fourth-order valence-electron chi connectivity index (χ4n) is 4.80. The van der Waals surface area contributed by atoms with Crippen molar-refractivity contribution in [1.29, 1.82) is 0 Å². The van der Waals surface area contributed by atoms with Crippen molar-refractivity contribution in [3.63, 3.8) is 0 Å². The number of carbonyl (C=O) groups is 2. The first-order valence-electron chi connectivity index (χ1n) is 11.8. The van der Waals surface area contributed by atoms with Crippen LogP contribution in [0.3, 0.4) is 0 Å². The molecule has 1 aliphatic rings. The average Bonchev–Trinajstić information content (AvgIpc) is 3.54. The van der Waals surface area contributed by atoms with Crippen LogP contribution in [-0.4, -0.2) is 34.4 Å². The van der Waals surface area contributed by atoms with Crippen molar-refractivity contribution in [2.75, 3.05) is 6.54 Å². The van der Waals surface area contributed by atoms with E-state index in [4.69, 9.17) is 0 Å². The lowest BCUT2D eigenvalue weighted by Gasteiger charge is -2.21. The minimum atomic E-state index is -0.649. The summed E-state index contributed by atoms with van der Waals surface area (Å²) >= 11 is 0. The lowest BCUT2D eigenvalue weighted by Crippen LogP contribution is -2.50. The van der Waals surface area contributed by atoms with Crippen LogP contribution in [0.2, 0.25) is 0 Å². The molecule has 3 N–H and O–H groups in total. The van der Waals surface area contributed by atoms with Crippen molar-refractivity contribution < 1.29 is 9.59 Å². The van der Waals surface area contributed by atoms with Crippen molar-refractivity contribution in [3.05, 3.63) is 102 Å². The monoisotopic (exact) mass is 452 g/mol. The molecule has 0 radical (unpaired) electrons. The smallest absolute Gasteiger partial charge is 0.242 e. The normalized spacial score (nSPS) is 14.0. The zero-order chi connectivity index (χ0) is 23.3. The van der Waals surface area contributed by atoms with Crippen LogP contribution in [0, 0.1) is 5.92 Å². The van der Waals surface area contributed by atoms with Crippen LogP contribution < -0.4 is 10.6 Å². The maximum absolute atomic E-state index is 13.2. The first-order valence-corrected chi connectivity index (χ1v) is 11.8. The van der Waals surface area contributed by atoms with E-state index in [1.54, 1.807) is 12.5 Å². The molecule has 1 heterocycles. The Morgan fingerprint density at radius 1 is 0.971 bits per heavy atom. The van der Waals surface area contributed by atoms with Gasteiger partial charge in [-0.15, -0.1) is 0 Å². The molecule has 3 aromatic carbocycles. The van der Waals surface area contributed by atoms with Gasteiger partial charge in [-0.25, -0.2) is 4.98 Å². The number of hydrogen-bond donors (Lipinski definition) is 3. The number of H-pyrrole nitrogens is 1. The van der Waals surface area contributed by atoms with Crippen molar-refractivity contribution in [1.82, 2.24) is 20.6 Å². The second-order valence-corrected chi connectivity index (χ2v) is 8.90. The van der Waals surface area contributed by atoms with Gasteiger partial charge in [0, 0.05) is 37.2 Å². The van der Waals surface area contributed by atoms with Gasteiger partial charge in [-0.3, -0.25) is 9.59 Å². The SMILES string of the molecule is O=C(N[C@H](Cc1cccc2ccccc12)C(=O)NCCc1cnc[nH]1)C1Cc2ccccc2C1. The molecule has 0 spiro atoms. The van der Waals surface area contributed by atoms with E-state index in [0.717, 1.165) is 22.0 Å². The van der Waals surface area contributed by atoms with Crippen molar-refractivity contribution >= 4 is 22.6 Å². The summed E-state index contributed by atoms with van der Waals surface area (Å²) in [5, 5.41) is 8.30. The maximum Gasteiger partial charge on any atom is 0.242 e. The zero-order valence-electron chi connectivity index (χ0n) is 19.0.